The lowest BCUT2D eigenvalue weighted by Crippen LogP contribution is -2.51. The van der Waals surface area contributed by atoms with Gasteiger partial charge in [0.25, 0.3) is 10.0 Å². The normalized spacial score (nSPS) is 11.9. The number of sulfonamides is 1. The number of anilines is 1. The van der Waals surface area contributed by atoms with E-state index in [-0.39, 0.29) is 23.0 Å². The van der Waals surface area contributed by atoms with Gasteiger partial charge in [0.1, 0.15) is 18.3 Å². The molecule has 0 fully saturated rings. The summed E-state index contributed by atoms with van der Waals surface area (Å²) in [5.41, 5.74) is 2.08. The van der Waals surface area contributed by atoms with E-state index in [0.29, 0.717) is 18.9 Å². The molecule has 2 amide bonds. The van der Waals surface area contributed by atoms with Crippen LogP contribution in [0.5, 0.6) is 5.75 Å². The second-order valence-corrected chi connectivity index (χ2v) is 12.2. The highest BCUT2D eigenvalue weighted by Crippen LogP contribution is 2.33. The molecule has 0 aromatic heterocycles. The van der Waals surface area contributed by atoms with E-state index >= 15 is 0 Å². The molecule has 41 heavy (non-hydrogen) atoms. The van der Waals surface area contributed by atoms with Crippen molar-refractivity contribution >= 4 is 39.3 Å². The van der Waals surface area contributed by atoms with E-state index in [4.69, 9.17) is 4.74 Å². The number of carbonyl (C=O) groups is 2. The SMILES string of the molecule is CCCNC(=O)[C@H](C)N(Cc1ccccc1C)C(=O)CN(c1ccccc1OCC)S(=O)(=O)c1ccc(SC)cc1. The van der Waals surface area contributed by atoms with Gasteiger partial charge in [0.2, 0.25) is 11.8 Å². The Labute approximate surface area is 248 Å². The summed E-state index contributed by atoms with van der Waals surface area (Å²) in [7, 11) is -4.19. The van der Waals surface area contributed by atoms with Gasteiger partial charge >= 0.3 is 0 Å². The number of amides is 2. The van der Waals surface area contributed by atoms with Crippen molar-refractivity contribution < 1.29 is 22.7 Å². The van der Waals surface area contributed by atoms with Crippen molar-refractivity contribution in [3.63, 3.8) is 0 Å². The molecule has 0 bridgehead atoms. The first kappa shape index (κ1) is 32.0. The molecule has 0 saturated carbocycles. The topological polar surface area (TPSA) is 96.0 Å². The monoisotopic (exact) mass is 597 g/mol. The van der Waals surface area contributed by atoms with E-state index in [1.807, 2.05) is 51.3 Å². The van der Waals surface area contributed by atoms with Gasteiger partial charge in [-0.15, -0.1) is 11.8 Å². The van der Waals surface area contributed by atoms with Crippen molar-refractivity contribution in [1.29, 1.82) is 0 Å². The van der Waals surface area contributed by atoms with Gasteiger partial charge in [-0.2, -0.15) is 0 Å². The molecule has 0 heterocycles. The molecule has 8 nitrogen and oxygen atoms in total. The molecule has 0 aliphatic heterocycles. The van der Waals surface area contributed by atoms with Crippen molar-refractivity contribution in [1.82, 2.24) is 10.2 Å². The van der Waals surface area contributed by atoms with Gasteiger partial charge in [-0.25, -0.2) is 8.42 Å². The Kier molecular flexibility index (Phi) is 11.7. The number of carbonyl (C=O) groups excluding carboxylic acids is 2. The standard InChI is InChI=1S/C31H39N3O5S2/c1-6-20-32-31(36)24(4)33(21-25-13-9-8-12-23(25)3)30(35)22-34(28-14-10-11-15-29(28)39-7-2)41(37,38)27-18-16-26(40-5)17-19-27/h8-19,24H,6-7,20-22H2,1-5H3,(H,32,36)/t24-/m0/s1. The highest BCUT2D eigenvalue weighted by Gasteiger charge is 2.34. The van der Waals surface area contributed by atoms with Crippen molar-refractivity contribution in [2.45, 2.75) is 56.5 Å². The Morgan fingerprint density at radius 1 is 0.976 bits per heavy atom. The molecule has 0 aliphatic rings. The summed E-state index contributed by atoms with van der Waals surface area (Å²) >= 11 is 1.50. The molecule has 0 aliphatic carbocycles. The Bertz CT molecular complexity index is 1430. The van der Waals surface area contributed by atoms with E-state index in [2.05, 4.69) is 5.32 Å². The van der Waals surface area contributed by atoms with Gasteiger partial charge in [0.15, 0.2) is 0 Å². The minimum absolute atomic E-state index is 0.0496. The van der Waals surface area contributed by atoms with Gasteiger partial charge in [0, 0.05) is 18.0 Å². The van der Waals surface area contributed by atoms with Crippen LogP contribution in [0.3, 0.4) is 0 Å². The maximum Gasteiger partial charge on any atom is 0.264 e. The summed E-state index contributed by atoms with van der Waals surface area (Å²) < 4.78 is 35.1. The average Bonchev–Trinajstić information content (AvgIpc) is 2.98. The van der Waals surface area contributed by atoms with Crippen LogP contribution in [0.2, 0.25) is 0 Å². The lowest BCUT2D eigenvalue weighted by atomic mass is 10.1. The third-order valence-electron chi connectivity index (χ3n) is 6.68. The largest absolute Gasteiger partial charge is 0.492 e. The molecule has 0 radical (unpaired) electrons. The molecular formula is C31H39N3O5S2. The number of ether oxygens (including phenoxy) is 1. The van der Waals surface area contributed by atoms with Crippen LogP contribution in [0.25, 0.3) is 0 Å². The summed E-state index contributed by atoms with van der Waals surface area (Å²) in [5, 5.41) is 2.86. The maximum atomic E-state index is 14.1. The van der Waals surface area contributed by atoms with Crippen LogP contribution in [-0.2, 0) is 26.2 Å². The third-order valence-corrected chi connectivity index (χ3v) is 9.20. The number of rotatable bonds is 14. The molecule has 1 atom stereocenters. The smallest absolute Gasteiger partial charge is 0.264 e. The lowest BCUT2D eigenvalue weighted by Gasteiger charge is -2.32. The number of nitrogens with zero attached hydrogens (tertiary/aromatic N) is 2. The first-order valence-corrected chi connectivity index (χ1v) is 16.3. The average molecular weight is 598 g/mol. The second kappa shape index (κ2) is 14.9. The number of hydrogen-bond acceptors (Lipinski definition) is 6. The van der Waals surface area contributed by atoms with Crippen LogP contribution in [-0.4, -0.2) is 57.1 Å². The summed E-state index contributed by atoms with van der Waals surface area (Å²) in [6, 6.07) is 20.1. The first-order chi connectivity index (χ1) is 19.6. The molecule has 1 N–H and O–H groups in total. The fourth-order valence-corrected chi connectivity index (χ4v) is 6.11. The number of thioether (sulfide) groups is 1. The molecule has 0 saturated heterocycles. The Morgan fingerprint density at radius 2 is 1.63 bits per heavy atom. The fraction of sp³-hybridized carbons (Fsp3) is 0.355. The van der Waals surface area contributed by atoms with E-state index in [1.54, 1.807) is 43.3 Å². The number of para-hydroxylation sites is 2. The minimum Gasteiger partial charge on any atom is -0.492 e. The van der Waals surface area contributed by atoms with E-state index < -0.39 is 28.5 Å². The van der Waals surface area contributed by atoms with Gasteiger partial charge in [-0.1, -0.05) is 43.3 Å². The second-order valence-electron chi connectivity index (χ2n) is 9.50. The molecule has 0 spiro atoms. The number of benzene rings is 3. The van der Waals surface area contributed by atoms with Crippen LogP contribution >= 0.6 is 11.8 Å². The van der Waals surface area contributed by atoms with Crippen LogP contribution in [0.4, 0.5) is 5.69 Å². The van der Waals surface area contributed by atoms with Gasteiger partial charge < -0.3 is 15.0 Å². The molecule has 3 aromatic rings. The van der Waals surface area contributed by atoms with Crippen LogP contribution in [0.15, 0.2) is 82.6 Å². The third kappa shape index (κ3) is 8.04. The quantitative estimate of drug-likeness (QED) is 0.255. The van der Waals surface area contributed by atoms with Crippen molar-refractivity contribution in [2.75, 3.05) is 30.3 Å². The van der Waals surface area contributed by atoms with Gasteiger partial charge in [-0.05, 0) is 81.0 Å². The van der Waals surface area contributed by atoms with E-state index in [9.17, 15) is 18.0 Å². The summed E-state index contributed by atoms with van der Waals surface area (Å²) in [5.74, 6) is -0.472. The molecule has 3 rings (SSSR count). The summed E-state index contributed by atoms with van der Waals surface area (Å²) in [4.78, 5) is 29.5. The number of aryl methyl sites for hydroxylation is 1. The maximum absolute atomic E-state index is 14.1. The van der Waals surface area contributed by atoms with Crippen molar-refractivity contribution in [3.8, 4) is 5.75 Å². The zero-order valence-corrected chi connectivity index (χ0v) is 25.9. The molecule has 10 heteroatoms. The van der Waals surface area contributed by atoms with E-state index in [1.165, 1.54) is 28.8 Å². The predicted octanol–water partition coefficient (Wildman–Crippen LogP) is 5.25. The zero-order chi connectivity index (χ0) is 30.0. The molecule has 220 valence electrons. The van der Waals surface area contributed by atoms with Crippen LogP contribution in [0, 0.1) is 6.92 Å². The molecular weight excluding hydrogens is 558 g/mol. The molecule has 3 aromatic carbocycles. The van der Waals surface area contributed by atoms with Gasteiger partial charge in [0.05, 0.1) is 17.2 Å². The van der Waals surface area contributed by atoms with E-state index in [0.717, 1.165) is 26.7 Å². The Morgan fingerprint density at radius 3 is 2.27 bits per heavy atom. The summed E-state index contributed by atoms with van der Waals surface area (Å²) in [6.45, 7) is 7.78. The predicted molar refractivity (Wildman–Crippen MR) is 165 cm³/mol. The minimum atomic E-state index is -4.19. The lowest BCUT2D eigenvalue weighted by molar-refractivity contribution is -0.139. The molecule has 0 unspecified atom stereocenters. The Balaban J connectivity index is 2.08. The van der Waals surface area contributed by atoms with Crippen LogP contribution < -0.4 is 14.4 Å². The summed E-state index contributed by atoms with van der Waals surface area (Å²) in [6.07, 6.45) is 2.66. The fourth-order valence-electron chi connectivity index (χ4n) is 4.28. The van der Waals surface area contributed by atoms with Crippen molar-refractivity contribution in [2.24, 2.45) is 0 Å². The first-order valence-electron chi connectivity index (χ1n) is 13.6. The van der Waals surface area contributed by atoms with Crippen molar-refractivity contribution in [3.05, 3.63) is 83.9 Å². The highest BCUT2D eigenvalue weighted by atomic mass is 32.2. The number of hydrogen-bond donors (Lipinski definition) is 1. The number of nitrogens with one attached hydrogen (secondary N) is 1. The van der Waals surface area contributed by atoms with Crippen LogP contribution in [0.1, 0.15) is 38.3 Å². The zero-order valence-electron chi connectivity index (χ0n) is 24.3. The Hall–Kier alpha value is -3.50. The highest BCUT2D eigenvalue weighted by molar-refractivity contribution is 7.98. The van der Waals surface area contributed by atoms with Gasteiger partial charge in [-0.3, -0.25) is 13.9 Å².